The Morgan fingerprint density at radius 1 is 0.547 bits per heavy atom. The molecule has 1 aliphatic carbocycles. The number of para-hydroxylation sites is 4. The Bertz CT molecular complexity index is 3040. The maximum absolute atomic E-state index is 10.9. The van der Waals surface area contributed by atoms with Gasteiger partial charge in [-0.15, -0.1) is 0 Å². The highest BCUT2D eigenvalue weighted by Gasteiger charge is 2.45. The van der Waals surface area contributed by atoms with E-state index in [4.69, 9.17) is 4.42 Å². The topological polar surface area (TPSA) is 116 Å². The molecule has 10 rings (SSSR count). The van der Waals surface area contributed by atoms with Crippen LogP contribution in [-0.4, -0.2) is 10.6 Å². The number of nitrogens with zero attached hydrogens (tertiary/aromatic N) is 6. The first kappa shape index (κ1) is 30.0. The molecular weight excluding hydrogens is 653 g/mol. The van der Waals surface area contributed by atoms with E-state index in [0.717, 1.165) is 55.3 Å². The van der Waals surface area contributed by atoms with Crippen LogP contribution in [-0.2, 0) is 0 Å². The highest BCUT2D eigenvalue weighted by atomic mass is 16.3. The van der Waals surface area contributed by atoms with Gasteiger partial charge in [0.25, 0.3) is 0 Å². The number of furan rings is 1. The molecule has 0 saturated heterocycles. The predicted molar refractivity (Wildman–Crippen MR) is 205 cm³/mol. The van der Waals surface area contributed by atoms with Crippen molar-refractivity contribution in [3.05, 3.63) is 167 Å². The zero-order valence-electron chi connectivity index (χ0n) is 27.9. The summed E-state index contributed by atoms with van der Waals surface area (Å²) in [6, 6.07) is 48.3. The summed E-state index contributed by atoms with van der Waals surface area (Å²) >= 11 is 0. The third kappa shape index (κ3) is 4.05. The molecule has 8 aromatic rings. The Balaban J connectivity index is 1.24. The van der Waals surface area contributed by atoms with Gasteiger partial charge in [-0.05, 0) is 42.0 Å². The second-order valence-electron chi connectivity index (χ2n) is 13.2. The first-order valence-corrected chi connectivity index (χ1v) is 17.2. The second-order valence-corrected chi connectivity index (χ2v) is 13.2. The highest BCUT2D eigenvalue weighted by Crippen LogP contribution is 2.55. The van der Waals surface area contributed by atoms with Crippen LogP contribution in [0.3, 0.4) is 0 Å². The van der Waals surface area contributed by atoms with Crippen LogP contribution in [0.1, 0.15) is 45.1 Å². The summed E-state index contributed by atoms with van der Waals surface area (Å²) < 4.78 is 8.60. The minimum Gasteiger partial charge on any atom is -0.460 e. The Morgan fingerprint density at radius 2 is 1.19 bits per heavy atom. The fourth-order valence-corrected chi connectivity index (χ4v) is 8.59. The number of rotatable bonds is 3. The lowest BCUT2D eigenvalue weighted by molar-refractivity contribution is 0.505. The van der Waals surface area contributed by atoms with Crippen molar-refractivity contribution in [2.75, 3.05) is 4.90 Å². The summed E-state index contributed by atoms with van der Waals surface area (Å²) in [5.74, 6) is 0.636. The Kier molecular flexibility index (Phi) is 6.43. The lowest BCUT2D eigenvalue weighted by atomic mass is 9.85. The van der Waals surface area contributed by atoms with Gasteiger partial charge in [0.1, 0.15) is 35.6 Å². The molecule has 1 aliphatic heterocycles. The fraction of sp³-hybridized carbons (Fsp3) is 0.0435. The zero-order chi connectivity index (χ0) is 35.8. The molecule has 2 atom stereocenters. The molecule has 0 spiro atoms. The van der Waals surface area contributed by atoms with Crippen molar-refractivity contribution in [2.45, 2.75) is 12.0 Å². The molecule has 0 radical (unpaired) electrons. The van der Waals surface area contributed by atoms with Crippen LogP contribution >= 0.6 is 0 Å². The van der Waals surface area contributed by atoms with Crippen molar-refractivity contribution in [3.8, 4) is 41.1 Å². The minimum atomic E-state index is -0.307. The van der Waals surface area contributed by atoms with Gasteiger partial charge in [-0.3, -0.25) is 0 Å². The molecule has 2 aromatic heterocycles. The monoisotopic (exact) mass is 676 g/mol. The standard InChI is InChI=1S/C46H24N6O/c47-23-27-17-18-32(28-19-21-41(37(26-50)36(28)25-49)51-38-13-5-1-9-29(38)30-10-2-6-14-39(30)51)45(35(27)24-48)52-40-15-7-3-12-34(40)44-42(52)22-20-33-31-11-4-8-16-43(31)53-46(33)44/h1-22,42,44H. The van der Waals surface area contributed by atoms with Gasteiger partial charge < -0.3 is 13.9 Å². The summed E-state index contributed by atoms with van der Waals surface area (Å²) in [5.41, 5.74) is 8.52. The third-order valence-electron chi connectivity index (χ3n) is 10.7. The van der Waals surface area contributed by atoms with E-state index in [1.54, 1.807) is 12.1 Å². The first-order chi connectivity index (χ1) is 26.2. The van der Waals surface area contributed by atoms with Gasteiger partial charge in [0.2, 0.25) is 0 Å². The molecule has 2 aliphatic rings. The normalized spacial score (nSPS) is 15.4. The molecule has 244 valence electrons. The Hall–Kier alpha value is -7.84. The number of hydrogen-bond acceptors (Lipinski definition) is 6. The van der Waals surface area contributed by atoms with Gasteiger partial charge in [0, 0.05) is 38.5 Å². The summed E-state index contributed by atoms with van der Waals surface area (Å²) in [6.07, 6.45) is 4.21. The Labute approximate surface area is 303 Å². The summed E-state index contributed by atoms with van der Waals surface area (Å²) in [7, 11) is 0. The fourth-order valence-electron chi connectivity index (χ4n) is 8.59. The maximum Gasteiger partial charge on any atom is 0.134 e. The van der Waals surface area contributed by atoms with E-state index in [2.05, 4.69) is 65.6 Å². The van der Waals surface area contributed by atoms with Crippen molar-refractivity contribution >= 4 is 50.2 Å². The molecule has 0 amide bonds. The van der Waals surface area contributed by atoms with E-state index in [1.807, 2.05) is 89.5 Å². The molecule has 7 nitrogen and oxygen atoms in total. The average Bonchev–Trinajstić information content (AvgIpc) is 3.87. The highest BCUT2D eigenvalue weighted by molar-refractivity contribution is 6.09. The SMILES string of the molecule is N#Cc1ccc(-c2ccc(-n3c4ccccc4c4ccccc43)c(C#N)c2C#N)c(N2c3ccccc3C3c4oc5ccccc5c4C=CC32)c1C#N. The summed E-state index contributed by atoms with van der Waals surface area (Å²) in [4.78, 5) is 2.11. The summed E-state index contributed by atoms with van der Waals surface area (Å²) in [5, 5.41) is 45.8. The average molecular weight is 677 g/mol. The van der Waals surface area contributed by atoms with Crippen molar-refractivity contribution in [2.24, 2.45) is 0 Å². The summed E-state index contributed by atoms with van der Waals surface area (Å²) in [6.45, 7) is 0. The van der Waals surface area contributed by atoms with Crippen LogP contribution in [0.4, 0.5) is 11.4 Å². The van der Waals surface area contributed by atoms with E-state index in [9.17, 15) is 21.0 Å². The van der Waals surface area contributed by atoms with E-state index in [0.29, 0.717) is 22.5 Å². The number of anilines is 2. The van der Waals surface area contributed by atoms with E-state index in [-0.39, 0.29) is 34.2 Å². The van der Waals surface area contributed by atoms with Crippen LogP contribution in [0, 0.1) is 45.3 Å². The quantitative estimate of drug-likeness (QED) is 0.184. The molecule has 0 bridgehead atoms. The molecule has 0 fully saturated rings. The smallest absolute Gasteiger partial charge is 0.134 e. The van der Waals surface area contributed by atoms with Crippen LogP contribution < -0.4 is 4.90 Å². The van der Waals surface area contributed by atoms with E-state index >= 15 is 0 Å². The van der Waals surface area contributed by atoms with Crippen molar-refractivity contribution in [3.63, 3.8) is 0 Å². The van der Waals surface area contributed by atoms with Crippen molar-refractivity contribution in [1.29, 1.82) is 21.0 Å². The number of aromatic nitrogens is 1. The number of fused-ring (bicyclic) bond motifs is 10. The molecule has 0 N–H and O–H groups in total. The Morgan fingerprint density at radius 3 is 1.91 bits per heavy atom. The lowest BCUT2D eigenvalue weighted by Gasteiger charge is -2.32. The molecule has 3 heterocycles. The molecule has 0 saturated carbocycles. The van der Waals surface area contributed by atoms with Gasteiger partial charge in [-0.25, -0.2) is 0 Å². The van der Waals surface area contributed by atoms with Gasteiger partial charge in [0.15, 0.2) is 0 Å². The van der Waals surface area contributed by atoms with Crippen LogP contribution in [0.15, 0.2) is 132 Å². The molecule has 7 heteroatoms. The van der Waals surface area contributed by atoms with Gasteiger partial charge >= 0.3 is 0 Å². The van der Waals surface area contributed by atoms with Crippen LogP contribution in [0.2, 0.25) is 0 Å². The molecule has 53 heavy (non-hydrogen) atoms. The molecule has 6 aromatic carbocycles. The number of nitriles is 4. The molecular formula is C46H24N6O. The number of hydrogen-bond donors (Lipinski definition) is 0. The molecule has 2 unspecified atom stereocenters. The first-order valence-electron chi connectivity index (χ1n) is 17.2. The zero-order valence-corrected chi connectivity index (χ0v) is 27.9. The maximum atomic E-state index is 10.9. The lowest BCUT2D eigenvalue weighted by Crippen LogP contribution is -2.31. The predicted octanol–water partition coefficient (Wildman–Crippen LogP) is 10.4. The van der Waals surface area contributed by atoms with Crippen LogP contribution in [0.5, 0.6) is 0 Å². The van der Waals surface area contributed by atoms with E-state index < -0.39 is 0 Å². The van der Waals surface area contributed by atoms with Crippen molar-refractivity contribution < 1.29 is 4.42 Å². The van der Waals surface area contributed by atoms with Gasteiger partial charge in [-0.1, -0.05) is 97.1 Å². The van der Waals surface area contributed by atoms with Gasteiger partial charge in [-0.2, -0.15) is 21.0 Å². The third-order valence-corrected chi connectivity index (χ3v) is 10.7. The largest absolute Gasteiger partial charge is 0.460 e. The number of benzene rings is 6. The van der Waals surface area contributed by atoms with Crippen LogP contribution in [0.25, 0.3) is 55.7 Å². The van der Waals surface area contributed by atoms with E-state index in [1.165, 1.54) is 0 Å². The van der Waals surface area contributed by atoms with Crippen molar-refractivity contribution in [1.82, 2.24) is 4.57 Å². The van der Waals surface area contributed by atoms with Gasteiger partial charge in [0.05, 0.1) is 56.6 Å². The second kappa shape index (κ2) is 11.3. The minimum absolute atomic E-state index is 0.185.